The van der Waals surface area contributed by atoms with Crippen LogP contribution in [0.1, 0.15) is 55.8 Å². The Balaban J connectivity index is 1.55. The lowest BCUT2D eigenvalue weighted by molar-refractivity contribution is -0.124. The lowest BCUT2D eigenvalue weighted by Gasteiger charge is -2.29. The quantitative estimate of drug-likeness (QED) is 0.891. The number of nitrogens with one attached hydrogen (secondary N) is 2. The highest BCUT2D eigenvalue weighted by molar-refractivity contribution is 5.97. The summed E-state index contributed by atoms with van der Waals surface area (Å²) < 4.78 is 5.37. The zero-order valence-corrected chi connectivity index (χ0v) is 14.2. The van der Waals surface area contributed by atoms with Crippen molar-refractivity contribution in [1.82, 2.24) is 5.32 Å². The summed E-state index contributed by atoms with van der Waals surface area (Å²) in [6, 6.07) is 7.32. The van der Waals surface area contributed by atoms with Gasteiger partial charge in [-0.25, -0.2) is 0 Å². The first-order chi connectivity index (χ1) is 11.6. The topological polar surface area (TPSA) is 67.4 Å². The van der Waals surface area contributed by atoms with Crippen LogP contribution < -0.4 is 10.6 Å². The highest BCUT2D eigenvalue weighted by Gasteiger charge is 2.24. The first-order valence-electron chi connectivity index (χ1n) is 8.97. The molecule has 3 rings (SSSR count). The van der Waals surface area contributed by atoms with Crippen LogP contribution in [0.4, 0.5) is 5.69 Å². The molecule has 1 saturated carbocycles. The highest BCUT2D eigenvalue weighted by atomic mass is 16.5. The Kier molecular flexibility index (Phi) is 5.51. The predicted octanol–water partition coefficient (Wildman–Crippen LogP) is 3.11. The first kappa shape index (κ1) is 17.0. The van der Waals surface area contributed by atoms with Gasteiger partial charge in [0.2, 0.25) is 0 Å². The van der Waals surface area contributed by atoms with E-state index in [0.29, 0.717) is 23.8 Å². The number of ether oxygens (including phenoxy) is 1. The molecule has 24 heavy (non-hydrogen) atoms. The Morgan fingerprint density at radius 1 is 1.04 bits per heavy atom. The number of carbonyl (C=O) groups excluding carboxylic acids is 2. The number of rotatable bonds is 4. The molecule has 5 heteroatoms. The van der Waals surface area contributed by atoms with Crippen molar-refractivity contribution >= 4 is 17.5 Å². The molecule has 0 spiro atoms. The maximum absolute atomic E-state index is 12.4. The molecule has 1 aromatic carbocycles. The smallest absolute Gasteiger partial charge is 0.253 e. The molecule has 0 bridgehead atoms. The minimum Gasteiger partial charge on any atom is -0.368 e. The standard InChI is InChI=1S/C19H26N2O3/c1-13-5-2-3-6-16(13)21-18(22)14-8-10-15(11-9-14)20-19(23)17-7-4-12-24-17/h8-11,13,16-17H,2-7,12H2,1H3,(H,20,23)(H,21,22)/t13-,16+,17+/m1/s1. The van der Waals surface area contributed by atoms with E-state index in [2.05, 4.69) is 17.6 Å². The van der Waals surface area contributed by atoms with Crippen LogP contribution in [0.15, 0.2) is 24.3 Å². The van der Waals surface area contributed by atoms with Crippen molar-refractivity contribution in [3.63, 3.8) is 0 Å². The number of anilines is 1. The molecule has 5 nitrogen and oxygen atoms in total. The van der Waals surface area contributed by atoms with Gasteiger partial charge in [-0.15, -0.1) is 0 Å². The van der Waals surface area contributed by atoms with Gasteiger partial charge in [0.15, 0.2) is 0 Å². The molecule has 1 aromatic rings. The van der Waals surface area contributed by atoms with Crippen molar-refractivity contribution in [1.29, 1.82) is 0 Å². The zero-order chi connectivity index (χ0) is 16.9. The third-order valence-electron chi connectivity index (χ3n) is 5.06. The lowest BCUT2D eigenvalue weighted by Crippen LogP contribution is -2.41. The van der Waals surface area contributed by atoms with E-state index in [0.717, 1.165) is 19.3 Å². The number of hydrogen-bond donors (Lipinski definition) is 2. The van der Waals surface area contributed by atoms with Gasteiger partial charge in [-0.05, 0) is 55.9 Å². The molecule has 0 aromatic heterocycles. The summed E-state index contributed by atoms with van der Waals surface area (Å²) in [5.74, 6) is 0.388. The molecule has 130 valence electrons. The van der Waals surface area contributed by atoms with E-state index in [1.165, 1.54) is 19.3 Å². The van der Waals surface area contributed by atoms with Gasteiger partial charge in [-0.1, -0.05) is 19.8 Å². The SMILES string of the molecule is C[C@@H]1CCCC[C@@H]1NC(=O)c1ccc(NC(=O)[C@@H]2CCCO2)cc1. The van der Waals surface area contributed by atoms with Gasteiger partial charge < -0.3 is 15.4 Å². The second kappa shape index (κ2) is 7.79. The molecule has 2 amide bonds. The molecular weight excluding hydrogens is 304 g/mol. The van der Waals surface area contributed by atoms with Crippen LogP contribution in [0.5, 0.6) is 0 Å². The molecule has 0 unspecified atom stereocenters. The number of hydrogen-bond acceptors (Lipinski definition) is 3. The Bertz CT molecular complexity index is 579. The Morgan fingerprint density at radius 3 is 2.46 bits per heavy atom. The maximum Gasteiger partial charge on any atom is 0.253 e. The van der Waals surface area contributed by atoms with Crippen LogP contribution in [0.2, 0.25) is 0 Å². The van der Waals surface area contributed by atoms with Crippen molar-refractivity contribution in [3.05, 3.63) is 29.8 Å². The van der Waals surface area contributed by atoms with Gasteiger partial charge in [0.05, 0.1) is 0 Å². The largest absolute Gasteiger partial charge is 0.368 e. The van der Waals surface area contributed by atoms with Crippen molar-refractivity contribution in [3.8, 4) is 0 Å². The van der Waals surface area contributed by atoms with Gasteiger partial charge in [-0.3, -0.25) is 9.59 Å². The molecule has 3 atom stereocenters. The third kappa shape index (κ3) is 4.15. The summed E-state index contributed by atoms with van der Waals surface area (Å²) in [4.78, 5) is 24.4. The second-order valence-corrected chi connectivity index (χ2v) is 6.91. The Morgan fingerprint density at radius 2 is 1.79 bits per heavy atom. The average molecular weight is 330 g/mol. The molecule has 1 aliphatic carbocycles. The van der Waals surface area contributed by atoms with Crippen LogP contribution in [0.3, 0.4) is 0 Å². The summed E-state index contributed by atoms with van der Waals surface area (Å²) in [6.07, 6.45) is 6.03. The summed E-state index contributed by atoms with van der Waals surface area (Å²) >= 11 is 0. The number of amides is 2. The van der Waals surface area contributed by atoms with E-state index in [9.17, 15) is 9.59 Å². The van der Waals surface area contributed by atoms with Crippen molar-refractivity contribution in [2.75, 3.05) is 11.9 Å². The van der Waals surface area contributed by atoms with Crippen molar-refractivity contribution < 1.29 is 14.3 Å². The van der Waals surface area contributed by atoms with E-state index >= 15 is 0 Å². The van der Waals surface area contributed by atoms with Gasteiger partial charge in [0.1, 0.15) is 6.10 Å². The third-order valence-corrected chi connectivity index (χ3v) is 5.06. The normalized spacial score (nSPS) is 26.8. The molecule has 1 heterocycles. The fourth-order valence-electron chi connectivity index (χ4n) is 3.49. The fraction of sp³-hybridized carbons (Fsp3) is 0.579. The average Bonchev–Trinajstić information content (AvgIpc) is 3.12. The number of benzene rings is 1. The molecule has 2 fully saturated rings. The van der Waals surface area contributed by atoms with Crippen LogP contribution in [0.25, 0.3) is 0 Å². The molecular formula is C19H26N2O3. The van der Waals surface area contributed by atoms with Gasteiger partial charge in [0.25, 0.3) is 11.8 Å². The van der Waals surface area contributed by atoms with E-state index in [1.54, 1.807) is 24.3 Å². The van der Waals surface area contributed by atoms with Crippen LogP contribution in [0, 0.1) is 5.92 Å². The summed E-state index contributed by atoms with van der Waals surface area (Å²) in [7, 11) is 0. The van der Waals surface area contributed by atoms with Crippen molar-refractivity contribution in [2.45, 2.75) is 57.6 Å². The van der Waals surface area contributed by atoms with E-state index < -0.39 is 0 Å². The monoisotopic (exact) mass is 330 g/mol. The van der Waals surface area contributed by atoms with Gasteiger partial charge in [-0.2, -0.15) is 0 Å². The van der Waals surface area contributed by atoms with Crippen LogP contribution in [-0.2, 0) is 9.53 Å². The number of carbonyl (C=O) groups is 2. The highest BCUT2D eigenvalue weighted by Crippen LogP contribution is 2.24. The van der Waals surface area contributed by atoms with Gasteiger partial charge in [0, 0.05) is 23.9 Å². The Labute approximate surface area is 143 Å². The maximum atomic E-state index is 12.4. The molecule has 0 radical (unpaired) electrons. The van der Waals surface area contributed by atoms with E-state index in [-0.39, 0.29) is 24.0 Å². The van der Waals surface area contributed by atoms with E-state index in [4.69, 9.17) is 4.74 Å². The zero-order valence-electron chi connectivity index (χ0n) is 14.2. The van der Waals surface area contributed by atoms with Gasteiger partial charge >= 0.3 is 0 Å². The van der Waals surface area contributed by atoms with E-state index in [1.807, 2.05) is 0 Å². The molecule has 2 N–H and O–H groups in total. The molecule has 2 aliphatic rings. The fourth-order valence-corrected chi connectivity index (χ4v) is 3.49. The Hall–Kier alpha value is -1.88. The second-order valence-electron chi connectivity index (χ2n) is 6.91. The predicted molar refractivity (Wildman–Crippen MR) is 92.9 cm³/mol. The minimum atomic E-state index is -0.347. The summed E-state index contributed by atoms with van der Waals surface area (Å²) in [5, 5.41) is 5.99. The van der Waals surface area contributed by atoms with Crippen molar-refractivity contribution in [2.24, 2.45) is 5.92 Å². The molecule has 1 aliphatic heterocycles. The van der Waals surface area contributed by atoms with Crippen LogP contribution >= 0.6 is 0 Å². The molecule has 1 saturated heterocycles. The lowest BCUT2D eigenvalue weighted by atomic mass is 9.86. The van der Waals surface area contributed by atoms with Crippen LogP contribution in [-0.4, -0.2) is 30.6 Å². The summed E-state index contributed by atoms with van der Waals surface area (Å²) in [5.41, 5.74) is 1.32. The minimum absolute atomic E-state index is 0.0363. The first-order valence-corrected chi connectivity index (χ1v) is 8.97. The summed E-state index contributed by atoms with van der Waals surface area (Å²) in [6.45, 7) is 2.85.